The normalized spacial score (nSPS) is 16.4. The summed E-state index contributed by atoms with van der Waals surface area (Å²) < 4.78 is 18.9. The molecule has 3 N–H and O–H groups in total. The van der Waals surface area contributed by atoms with E-state index in [4.69, 9.17) is 9.72 Å². The Labute approximate surface area is 267 Å². The molecular formula is C33H47N8O3P. The maximum Gasteiger partial charge on any atom is 0.258 e. The highest BCUT2D eigenvalue weighted by atomic mass is 31.2. The number of anilines is 5. The molecule has 0 atom stereocenters. The van der Waals surface area contributed by atoms with Crippen molar-refractivity contribution >= 4 is 47.2 Å². The molecule has 2 fully saturated rings. The van der Waals surface area contributed by atoms with Gasteiger partial charge in [0.05, 0.1) is 18.5 Å². The maximum atomic E-state index is 13.1. The van der Waals surface area contributed by atoms with Gasteiger partial charge in [-0.1, -0.05) is 19.1 Å². The zero-order valence-corrected chi connectivity index (χ0v) is 28.3. The number of rotatable bonds is 10. The van der Waals surface area contributed by atoms with Gasteiger partial charge in [0, 0.05) is 82.7 Å². The Balaban J connectivity index is 1.42. The minimum absolute atomic E-state index is 0.242. The highest BCUT2D eigenvalue weighted by molar-refractivity contribution is 7.70. The molecule has 3 heterocycles. The molecule has 45 heavy (non-hydrogen) atoms. The van der Waals surface area contributed by atoms with Gasteiger partial charge in [-0.15, -0.1) is 0 Å². The van der Waals surface area contributed by atoms with Gasteiger partial charge in [0.25, 0.3) is 5.91 Å². The van der Waals surface area contributed by atoms with Crippen molar-refractivity contribution in [2.45, 2.75) is 32.2 Å². The van der Waals surface area contributed by atoms with Crippen LogP contribution in [0, 0.1) is 0 Å². The Morgan fingerprint density at radius 1 is 1.07 bits per heavy atom. The molecule has 0 bridgehead atoms. The minimum atomic E-state index is -2.61. The van der Waals surface area contributed by atoms with Crippen molar-refractivity contribution in [1.29, 1.82) is 0 Å². The Bertz CT molecular complexity index is 1540. The van der Waals surface area contributed by atoms with Crippen LogP contribution in [0.15, 0.2) is 42.6 Å². The highest BCUT2D eigenvalue weighted by Gasteiger charge is 2.27. The van der Waals surface area contributed by atoms with E-state index < -0.39 is 7.14 Å². The number of para-hydroxylation sites is 1. The number of carbonyl (C=O) groups is 1. The molecule has 2 aliphatic heterocycles. The number of aromatic nitrogens is 2. The molecule has 0 saturated carbocycles. The molecular weight excluding hydrogens is 587 g/mol. The fraction of sp³-hybridized carbons (Fsp3) is 0.485. The summed E-state index contributed by atoms with van der Waals surface area (Å²) >= 11 is 0. The molecule has 12 heteroatoms. The van der Waals surface area contributed by atoms with Gasteiger partial charge in [0.2, 0.25) is 5.95 Å². The van der Waals surface area contributed by atoms with E-state index in [1.54, 1.807) is 34.5 Å². The molecule has 0 spiro atoms. The molecule has 2 aromatic carbocycles. The number of piperidine rings is 1. The molecule has 0 radical (unpaired) electrons. The average Bonchev–Trinajstić information content (AvgIpc) is 3.04. The van der Waals surface area contributed by atoms with Crippen molar-refractivity contribution in [2.75, 3.05) is 89.3 Å². The van der Waals surface area contributed by atoms with E-state index in [-0.39, 0.29) is 5.91 Å². The van der Waals surface area contributed by atoms with E-state index in [1.165, 1.54) is 22.3 Å². The van der Waals surface area contributed by atoms with Gasteiger partial charge in [-0.2, -0.15) is 4.98 Å². The fourth-order valence-electron chi connectivity index (χ4n) is 6.21. The van der Waals surface area contributed by atoms with Crippen LogP contribution < -0.4 is 30.9 Å². The van der Waals surface area contributed by atoms with Gasteiger partial charge in [-0.3, -0.25) is 9.69 Å². The van der Waals surface area contributed by atoms with Gasteiger partial charge in [-0.25, -0.2) is 4.98 Å². The Kier molecular flexibility index (Phi) is 10.3. The predicted octanol–water partition coefficient (Wildman–Crippen LogP) is 4.36. The monoisotopic (exact) mass is 634 g/mol. The van der Waals surface area contributed by atoms with Crippen molar-refractivity contribution < 1.29 is 14.1 Å². The maximum absolute atomic E-state index is 13.1. The van der Waals surface area contributed by atoms with Crippen LogP contribution in [0.3, 0.4) is 0 Å². The molecule has 3 aromatic rings. The first-order valence-electron chi connectivity index (χ1n) is 15.8. The quantitative estimate of drug-likeness (QED) is 0.278. The number of hydrogen-bond acceptors (Lipinski definition) is 10. The van der Waals surface area contributed by atoms with Gasteiger partial charge < -0.3 is 35.1 Å². The zero-order chi connectivity index (χ0) is 32.1. The second kappa shape index (κ2) is 14.2. The largest absolute Gasteiger partial charge is 0.494 e. The number of piperazine rings is 1. The first-order chi connectivity index (χ1) is 21.6. The van der Waals surface area contributed by atoms with E-state index in [0.29, 0.717) is 40.1 Å². The number of ether oxygens (including phenoxy) is 1. The first kappa shape index (κ1) is 32.7. The topological polar surface area (TPSA) is 115 Å². The lowest BCUT2D eigenvalue weighted by molar-refractivity contribution is 0.0828. The van der Waals surface area contributed by atoms with Crippen LogP contribution in [0.25, 0.3) is 0 Å². The van der Waals surface area contributed by atoms with Crippen LogP contribution in [-0.4, -0.2) is 106 Å². The van der Waals surface area contributed by atoms with Crippen LogP contribution in [0.4, 0.5) is 28.8 Å². The summed E-state index contributed by atoms with van der Waals surface area (Å²) in [6.45, 7) is 12.1. The number of aryl methyl sites for hydroxylation is 1. The summed E-state index contributed by atoms with van der Waals surface area (Å²) in [6.07, 6.45) is 4.69. The number of amides is 1. The zero-order valence-electron chi connectivity index (χ0n) is 27.4. The van der Waals surface area contributed by atoms with E-state index in [0.717, 1.165) is 64.2 Å². The molecule has 1 aromatic heterocycles. The molecule has 2 aliphatic rings. The summed E-state index contributed by atoms with van der Waals surface area (Å²) in [6, 6.07) is 12.3. The Morgan fingerprint density at radius 2 is 1.78 bits per heavy atom. The van der Waals surface area contributed by atoms with Crippen molar-refractivity contribution in [3.05, 3.63) is 53.7 Å². The van der Waals surface area contributed by atoms with Crippen molar-refractivity contribution in [3.63, 3.8) is 0 Å². The standard InChI is InChI=1S/C33H47N8O3P/c1-7-23-20-27(29(44-4)21-28(23)41-16-12-24(13-17-41)40-18-14-34-15-19-40)37-33-35-22-25(32(42)39(2)3)31(38-33)36-26-10-8-9-11-30(26)45(5,6)43/h8-11,20-22,24,34H,7,12-19H2,1-6H3,(H2,35,36,37,38). The summed E-state index contributed by atoms with van der Waals surface area (Å²) in [7, 11) is 2.43. The van der Waals surface area contributed by atoms with Gasteiger partial charge in [-0.05, 0) is 56.4 Å². The number of benzene rings is 2. The lowest BCUT2D eigenvalue weighted by atomic mass is 9.99. The lowest BCUT2D eigenvalue weighted by Crippen LogP contribution is -2.52. The van der Waals surface area contributed by atoms with Crippen molar-refractivity contribution in [1.82, 2.24) is 25.1 Å². The van der Waals surface area contributed by atoms with E-state index >= 15 is 0 Å². The summed E-state index contributed by atoms with van der Waals surface area (Å²) in [5, 5.41) is 10.8. The van der Waals surface area contributed by atoms with Gasteiger partial charge in [0.15, 0.2) is 0 Å². The summed E-state index contributed by atoms with van der Waals surface area (Å²) in [5.74, 6) is 1.09. The molecule has 11 nitrogen and oxygen atoms in total. The van der Waals surface area contributed by atoms with Gasteiger partial charge >= 0.3 is 0 Å². The van der Waals surface area contributed by atoms with Crippen LogP contribution in [0.1, 0.15) is 35.7 Å². The molecule has 5 rings (SSSR count). The highest BCUT2D eigenvalue weighted by Crippen LogP contribution is 2.39. The van der Waals surface area contributed by atoms with Crippen LogP contribution in [-0.2, 0) is 11.0 Å². The van der Waals surface area contributed by atoms with Crippen molar-refractivity contribution in [3.8, 4) is 5.75 Å². The summed E-state index contributed by atoms with van der Waals surface area (Å²) in [4.78, 5) is 28.9. The van der Waals surface area contributed by atoms with E-state index in [9.17, 15) is 9.36 Å². The van der Waals surface area contributed by atoms with E-state index in [2.05, 4.69) is 49.8 Å². The molecule has 0 unspecified atom stereocenters. The van der Waals surface area contributed by atoms with Crippen LogP contribution >= 0.6 is 7.14 Å². The molecule has 1 amide bonds. The smallest absolute Gasteiger partial charge is 0.258 e. The fourth-order valence-corrected chi connectivity index (χ4v) is 7.36. The van der Waals surface area contributed by atoms with E-state index in [1.807, 2.05) is 24.3 Å². The Morgan fingerprint density at radius 3 is 2.42 bits per heavy atom. The van der Waals surface area contributed by atoms with Gasteiger partial charge in [0.1, 0.15) is 24.3 Å². The number of methoxy groups -OCH3 is 1. The third-order valence-electron chi connectivity index (χ3n) is 8.66. The molecule has 242 valence electrons. The number of hydrogen-bond donors (Lipinski definition) is 3. The third kappa shape index (κ3) is 7.60. The second-order valence-corrected chi connectivity index (χ2v) is 15.5. The van der Waals surface area contributed by atoms with Crippen molar-refractivity contribution in [2.24, 2.45) is 0 Å². The minimum Gasteiger partial charge on any atom is -0.494 e. The Hall–Kier alpha value is -3.66. The van der Waals surface area contributed by atoms with Crippen LogP contribution in [0.2, 0.25) is 0 Å². The third-order valence-corrected chi connectivity index (χ3v) is 10.2. The van der Waals surface area contributed by atoms with Crippen LogP contribution in [0.5, 0.6) is 5.75 Å². The lowest BCUT2D eigenvalue weighted by Gasteiger charge is -2.41. The average molecular weight is 635 g/mol. The molecule has 0 aliphatic carbocycles. The second-order valence-electron chi connectivity index (χ2n) is 12.3. The SMILES string of the molecule is CCc1cc(Nc2ncc(C(=O)N(C)C)c(Nc3ccccc3P(C)(C)=O)n2)c(OC)cc1N1CCC(N2CCNCC2)CC1. The number of carbonyl (C=O) groups excluding carboxylic acids is 1. The number of nitrogens with one attached hydrogen (secondary N) is 3. The predicted molar refractivity (Wildman–Crippen MR) is 184 cm³/mol. The first-order valence-corrected chi connectivity index (χ1v) is 18.4. The molecule has 2 saturated heterocycles. The number of nitrogens with zero attached hydrogens (tertiary/aromatic N) is 5. The summed E-state index contributed by atoms with van der Waals surface area (Å²) in [5.41, 5.74) is 4.11.